The first kappa shape index (κ1) is 16.2. The summed E-state index contributed by atoms with van der Waals surface area (Å²) in [4.78, 5) is 43.1. The summed E-state index contributed by atoms with van der Waals surface area (Å²) < 4.78 is 14.8. The number of hydrogen-bond acceptors (Lipinski definition) is 4. The number of anilines is 1. The van der Waals surface area contributed by atoms with Crippen molar-refractivity contribution < 1.29 is 9.18 Å². The van der Waals surface area contributed by atoms with Crippen molar-refractivity contribution in [3.8, 4) is 0 Å². The van der Waals surface area contributed by atoms with Crippen LogP contribution in [0.3, 0.4) is 0 Å². The number of fused-ring (bicyclic) bond motifs is 1. The monoisotopic (exact) mass is 354 g/mol. The van der Waals surface area contributed by atoms with E-state index in [0.29, 0.717) is 11.3 Å². The second-order valence-corrected chi connectivity index (χ2v) is 6.37. The number of aryl methyl sites for hydroxylation is 1. The van der Waals surface area contributed by atoms with Crippen LogP contribution in [0.1, 0.15) is 34.8 Å². The van der Waals surface area contributed by atoms with Gasteiger partial charge in [0.1, 0.15) is 11.5 Å². The van der Waals surface area contributed by atoms with Gasteiger partial charge in [0.15, 0.2) is 0 Å². The summed E-state index contributed by atoms with van der Waals surface area (Å²) in [5, 5.41) is 2.78. The Morgan fingerprint density at radius 2 is 2.08 bits per heavy atom. The molecule has 0 spiro atoms. The summed E-state index contributed by atoms with van der Waals surface area (Å²) in [5.74, 6) is -0.982. The minimum atomic E-state index is -0.592. The molecule has 2 aromatic heterocycles. The van der Waals surface area contributed by atoms with Crippen LogP contribution in [0.25, 0.3) is 11.0 Å². The number of nitrogens with one attached hydrogen (secondary N) is 2. The zero-order chi connectivity index (χ0) is 18.4. The number of amides is 1. The Morgan fingerprint density at radius 3 is 2.81 bits per heavy atom. The number of aromatic nitrogens is 3. The second kappa shape index (κ2) is 5.91. The summed E-state index contributed by atoms with van der Waals surface area (Å²) in [5.41, 5.74) is 0.365. The van der Waals surface area contributed by atoms with E-state index in [9.17, 15) is 18.8 Å². The van der Waals surface area contributed by atoms with Crippen LogP contribution in [-0.2, 0) is 0 Å². The van der Waals surface area contributed by atoms with E-state index in [1.165, 1.54) is 29.0 Å². The molecule has 1 saturated carbocycles. The van der Waals surface area contributed by atoms with Crippen molar-refractivity contribution in [1.82, 2.24) is 14.5 Å². The number of pyridine rings is 1. The van der Waals surface area contributed by atoms with Crippen molar-refractivity contribution in [3.63, 3.8) is 0 Å². The Labute approximate surface area is 146 Å². The number of carbonyl (C=O) groups is 1. The maximum Gasteiger partial charge on any atom is 0.330 e. The molecule has 132 valence electrons. The SMILES string of the molecule is Cc1ccc(F)cc1NC(=O)c1cnc2c(c1)c(=O)[nH]c(=O)n2C1CC1. The molecule has 7 nitrogen and oxygen atoms in total. The Bertz CT molecular complexity index is 1160. The van der Waals surface area contributed by atoms with Crippen molar-refractivity contribution in [1.29, 1.82) is 0 Å². The third kappa shape index (κ3) is 2.79. The van der Waals surface area contributed by atoms with E-state index in [1.54, 1.807) is 13.0 Å². The van der Waals surface area contributed by atoms with Crippen molar-refractivity contribution in [3.05, 3.63) is 68.2 Å². The fraction of sp³-hybridized carbons (Fsp3) is 0.222. The lowest BCUT2D eigenvalue weighted by Gasteiger charge is -2.10. The summed E-state index contributed by atoms with van der Waals surface area (Å²) in [6, 6.07) is 5.51. The third-order valence-electron chi connectivity index (χ3n) is 4.40. The summed E-state index contributed by atoms with van der Waals surface area (Å²) in [6.07, 6.45) is 3.01. The zero-order valence-electron chi connectivity index (χ0n) is 13.9. The van der Waals surface area contributed by atoms with Gasteiger partial charge in [0.25, 0.3) is 11.5 Å². The van der Waals surface area contributed by atoms with Gasteiger partial charge in [0, 0.05) is 17.9 Å². The van der Waals surface area contributed by atoms with E-state index in [-0.39, 0.29) is 22.6 Å². The van der Waals surface area contributed by atoms with E-state index in [4.69, 9.17) is 0 Å². The smallest absolute Gasteiger partial charge is 0.322 e. The predicted molar refractivity (Wildman–Crippen MR) is 94.0 cm³/mol. The van der Waals surface area contributed by atoms with E-state index in [2.05, 4.69) is 15.3 Å². The number of carbonyl (C=O) groups excluding carboxylic acids is 1. The van der Waals surface area contributed by atoms with Gasteiger partial charge in [0.2, 0.25) is 0 Å². The first-order chi connectivity index (χ1) is 12.4. The maximum atomic E-state index is 13.4. The summed E-state index contributed by atoms with van der Waals surface area (Å²) in [6.45, 7) is 1.74. The Hall–Kier alpha value is -3.29. The van der Waals surface area contributed by atoms with Gasteiger partial charge in [-0.05, 0) is 43.5 Å². The van der Waals surface area contributed by atoms with Crippen LogP contribution in [0.15, 0.2) is 40.1 Å². The molecule has 1 amide bonds. The van der Waals surface area contributed by atoms with Gasteiger partial charge < -0.3 is 5.32 Å². The minimum absolute atomic E-state index is 0.0315. The molecule has 3 aromatic rings. The van der Waals surface area contributed by atoms with Crippen LogP contribution in [0.5, 0.6) is 0 Å². The first-order valence-corrected chi connectivity index (χ1v) is 8.16. The molecule has 1 fully saturated rings. The molecular weight excluding hydrogens is 339 g/mol. The van der Waals surface area contributed by atoms with Crippen LogP contribution >= 0.6 is 0 Å². The molecule has 0 radical (unpaired) electrons. The number of nitrogens with zero attached hydrogens (tertiary/aromatic N) is 2. The van der Waals surface area contributed by atoms with Gasteiger partial charge >= 0.3 is 5.69 Å². The molecule has 26 heavy (non-hydrogen) atoms. The highest BCUT2D eigenvalue weighted by atomic mass is 19.1. The second-order valence-electron chi connectivity index (χ2n) is 6.37. The Balaban J connectivity index is 1.75. The number of hydrogen-bond donors (Lipinski definition) is 2. The van der Waals surface area contributed by atoms with E-state index < -0.39 is 23.0 Å². The molecule has 0 atom stereocenters. The average molecular weight is 354 g/mol. The van der Waals surface area contributed by atoms with Crippen LogP contribution < -0.4 is 16.6 Å². The molecule has 2 N–H and O–H groups in total. The van der Waals surface area contributed by atoms with Gasteiger partial charge in [-0.3, -0.25) is 19.1 Å². The standard InChI is InChI=1S/C18H15FN4O3/c1-9-2-3-11(19)7-14(9)21-16(24)10-6-13-15(20-8-10)23(12-4-5-12)18(26)22-17(13)25/h2-3,6-8,12H,4-5H2,1H3,(H,21,24)(H,22,25,26). The van der Waals surface area contributed by atoms with Gasteiger partial charge in [0.05, 0.1) is 10.9 Å². The van der Waals surface area contributed by atoms with Gasteiger partial charge in [-0.15, -0.1) is 0 Å². The van der Waals surface area contributed by atoms with Gasteiger partial charge in [-0.25, -0.2) is 14.2 Å². The molecule has 0 saturated heterocycles. The number of H-pyrrole nitrogens is 1. The topological polar surface area (TPSA) is 96.8 Å². The molecule has 1 aliphatic rings. The Kier molecular flexibility index (Phi) is 3.68. The lowest BCUT2D eigenvalue weighted by Crippen LogP contribution is -2.30. The van der Waals surface area contributed by atoms with Crippen LogP contribution in [-0.4, -0.2) is 20.4 Å². The number of halogens is 1. The molecule has 4 rings (SSSR count). The highest BCUT2D eigenvalue weighted by Crippen LogP contribution is 2.34. The van der Waals surface area contributed by atoms with Crippen LogP contribution in [0, 0.1) is 12.7 Å². The van der Waals surface area contributed by atoms with Gasteiger partial charge in [-0.2, -0.15) is 0 Å². The first-order valence-electron chi connectivity index (χ1n) is 8.16. The van der Waals surface area contributed by atoms with Gasteiger partial charge in [-0.1, -0.05) is 6.07 Å². The normalized spacial score (nSPS) is 13.8. The van der Waals surface area contributed by atoms with Crippen LogP contribution in [0.4, 0.5) is 10.1 Å². The number of aromatic amines is 1. The van der Waals surface area contributed by atoms with Crippen molar-refractivity contribution in [2.75, 3.05) is 5.32 Å². The lowest BCUT2D eigenvalue weighted by molar-refractivity contribution is 0.102. The molecule has 0 aliphatic heterocycles. The van der Waals surface area contributed by atoms with Crippen molar-refractivity contribution >= 4 is 22.6 Å². The fourth-order valence-electron chi connectivity index (χ4n) is 2.86. The number of benzene rings is 1. The molecule has 8 heteroatoms. The van der Waals surface area contributed by atoms with E-state index in [1.807, 2.05) is 0 Å². The van der Waals surface area contributed by atoms with E-state index >= 15 is 0 Å². The minimum Gasteiger partial charge on any atom is -0.322 e. The van der Waals surface area contributed by atoms with Crippen molar-refractivity contribution in [2.45, 2.75) is 25.8 Å². The molecule has 2 heterocycles. The lowest BCUT2D eigenvalue weighted by atomic mass is 10.1. The quantitative estimate of drug-likeness (QED) is 0.753. The maximum absolute atomic E-state index is 13.4. The average Bonchev–Trinajstić information content (AvgIpc) is 3.43. The molecule has 0 bridgehead atoms. The molecular formula is C18H15FN4O3. The van der Waals surface area contributed by atoms with E-state index in [0.717, 1.165) is 12.8 Å². The largest absolute Gasteiger partial charge is 0.330 e. The number of rotatable bonds is 3. The highest BCUT2D eigenvalue weighted by Gasteiger charge is 2.27. The Morgan fingerprint density at radius 1 is 1.31 bits per heavy atom. The molecule has 0 unspecified atom stereocenters. The predicted octanol–water partition coefficient (Wildman–Crippen LogP) is 2.12. The highest BCUT2D eigenvalue weighted by molar-refractivity contribution is 6.05. The summed E-state index contributed by atoms with van der Waals surface area (Å²) >= 11 is 0. The zero-order valence-corrected chi connectivity index (χ0v) is 13.9. The summed E-state index contributed by atoms with van der Waals surface area (Å²) in [7, 11) is 0. The molecule has 1 aromatic carbocycles. The fourth-order valence-corrected chi connectivity index (χ4v) is 2.86. The van der Waals surface area contributed by atoms with Crippen molar-refractivity contribution in [2.24, 2.45) is 0 Å². The molecule has 1 aliphatic carbocycles. The third-order valence-corrected chi connectivity index (χ3v) is 4.40. The van der Waals surface area contributed by atoms with Crippen LogP contribution in [0.2, 0.25) is 0 Å².